The van der Waals surface area contributed by atoms with Crippen LogP contribution in [0, 0.1) is 0 Å². The van der Waals surface area contributed by atoms with Gasteiger partial charge in [-0.2, -0.15) is 0 Å². The molecule has 4 aromatic rings. The Morgan fingerprint density at radius 3 is 1.15 bits per heavy atom. The molecule has 0 aliphatic heterocycles. The highest BCUT2D eigenvalue weighted by molar-refractivity contribution is 5.88. The zero-order chi connectivity index (χ0) is 24.7. The fourth-order valence-electron chi connectivity index (χ4n) is 4.42. The molecule has 0 fully saturated rings. The average molecular weight is 451 g/mol. The Bertz CT molecular complexity index is 1210. The van der Waals surface area contributed by atoms with E-state index in [0.29, 0.717) is 5.75 Å². The zero-order valence-corrected chi connectivity index (χ0v) is 21.0. The molecule has 0 radical (unpaired) electrons. The molecule has 0 aliphatic rings. The number of phenols is 2. The van der Waals surface area contributed by atoms with Crippen molar-refractivity contribution in [2.24, 2.45) is 0 Å². The van der Waals surface area contributed by atoms with Crippen LogP contribution >= 0.6 is 0 Å². The number of benzene rings is 4. The van der Waals surface area contributed by atoms with E-state index in [9.17, 15) is 10.2 Å². The van der Waals surface area contributed by atoms with Gasteiger partial charge in [-0.15, -0.1) is 0 Å². The first-order valence-corrected chi connectivity index (χ1v) is 11.8. The van der Waals surface area contributed by atoms with Crippen molar-refractivity contribution in [1.29, 1.82) is 0 Å². The molecular weight excluding hydrogens is 416 g/mol. The molecule has 0 amide bonds. The number of hydrogen-bond acceptors (Lipinski definition) is 2. The van der Waals surface area contributed by atoms with Crippen molar-refractivity contribution in [2.45, 2.75) is 52.4 Å². The number of aromatic hydroxyl groups is 2. The van der Waals surface area contributed by atoms with E-state index < -0.39 is 0 Å². The maximum atomic E-state index is 11.3. The standard InChI is InChI=1S/C32H34O2/c1-31(2,3)27-19-24(20-28(30(27)34)32(4,5)6)23-17-25(21-13-9-7-10-14-21)29(33)26(18-23)22-15-11-8-12-16-22/h7-20,33-34H,1-6H3. The van der Waals surface area contributed by atoms with Crippen molar-refractivity contribution < 1.29 is 10.2 Å². The third kappa shape index (κ3) is 4.59. The van der Waals surface area contributed by atoms with Crippen LogP contribution in [0.15, 0.2) is 84.9 Å². The lowest BCUT2D eigenvalue weighted by molar-refractivity contribution is 0.423. The fourth-order valence-corrected chi connectivity index (χ4v) is 4.42. The van der Waals surface area contributed by atoms with Crippen LogP contribution in [0.25, 0.3) is 33.4 Å². The summed E-state index contributed by atoms with van der Waals surface area (Å²) in [5, 5.41) is 22.5. The average Bonchev–Trinajstić information content (AvgIpc) is 2.79. The quantitative estimate of drug-likeness (QED) is 0.328. The van der Waals surface area contributed by atoms with Gasteiger partial charge >= 0.3 is 0 Å². The predicted octanol–water partition coefficient (Wildman–Crippen LogP) is 8.69. The van der Waals surface area contributed by atoms with Gasteiger partial charge in [-0.1, -0.05) is 102 Å². The van der Waals surface area contributed by atoms with E-state index in [-0.39, 0.29) is 16.6 Å². The normalized spacial score (nSPS) is 12.1. The smallest absolute Gasteiger partial charge is 0.131 e. The zero-order valence-electron chi connectivity index (χ0n) is 21.0. The number of rotatable bonds is 3. The first kappa shape index (κ1) is 23.6. The summed E-state index contributed by atoms with van der Waals surface area (Å²) in [7, 11) is 0. The summed E-state index contributed by atoms with van der Waals surface area (Å²) >= 11 is 0. The monoisotopic (exact) mass is 450 g/mol. The van der Waals surface area contributed by atoms with Crippen LogP contribution < -0.4 is 0 Å². The Labute approximate surface area is 203 Å². The highest BCUT2D eigenvalue weighted by atomic mass is 16.3. The van der Waals surface area contributed by atoms with Gasteiger partial charge in [0.05, 0.1) is 0 Å². The third-order valence-corrected chi connectivity index (χ3v) is 6.34. The summed E-state index contributed by atoms with van der Waals surface area (Å²) in [5.74, 6) is 0.640. The lowest BCUT2D eigenvalue weighted by Crippen LogP contribution is -2.17. The Kier molecular flexibility index (Phi) is 6.03. The molecule has 4 aromatic carbocycles. The van der Waals surface area contributed by atoms with Crippen LogP contribution in [0.1, 0.15) is 52.7 Å². The van der Waals surface area contributed by atoms with E-state index in [0.717, 1.165) is 44.5 Å². The summed E-state index contributed by atoms with van der Waals surface area (Å²) in [6.45, 7) is 12.7. The van der Waals surface area contributed by atoms with Crippen molar-refractivity contribution in [2.75, 3.05) is 0 Å². The summed E-state index contributed by atoms with van der Waals surface area (Å²) in [6, 6.07) is 28.3. The Morgan fingerprint density at radius 2 is 0.794 bits per heavy atom. The molecule has 174 valence electrons. The predicted molar refractivity (Wildman–Crippen MR) is 143 cm³/mol. The van der Waals surface area contributed by atoms with Crippen molar-refractivity contribution in [3.63, 3.8) is 0 Å². The summed E-state index contributed by atoms with van der Waals surface area (Å²) < 4.78 is 0. The molecule has 4 rings (SSSR count). The number of hydrogen-bond donors (Lipinski definition) is 2. The SMILES string of the molecule is CC(C)(C)c1cc(-c2cc(-c3ccccc3)c(O)c(-c3ccccc3)c2)cc(C(C)(C)C)c1O. The molecule has 34 heavy (non-hydrogen) atoms. The Hall–Kier alpha value is -3.52. The van der Waals surface area contributed by atoms with Gasteiger partial charge in [0, 0.05) is 22.3 Å². The van der Waals surface area contributed by atoms with E-state index in [2.05, 4.69) is 65.8 Å². The second kappa shape index (κ2) is 8.68. The van der Waals surface area contributed by atoms with Gasteiger partial charge in [0.2, 0.25) is 0 Å². The van der Waals surface area contributed by atoms with E-state index >= 15 is 0 Å². The van der Waals surface area contributed by atoms with Crippen LogP contribution in [-0.2, 0) is 10.8 Å². The second-order valence-corrected chi connectivity index (χ2v) is 11.1. The highest BCUT2D eigenvalue weighted by Gasteiger charge is 2.27. The summed E-state index contributed by atoms with van der Waals surface area (Å²) in [5.41, 5.74) is 6.95. The molecule has 0 bridgehead atoms. The van der Waals surface area contributed by atoms with E-state index in [1.165, 1.54) is 0 Å². The Morgan fingerprint density at radius 1 is 0.441 bits per heavy atom. The van der Waals surface area contributed by atoms with Gasteiger partial charge < -0.3 is 10.2 Å². The van der Waals surface area contributed by atoms with Crippen LogP contribution in [0.4, 0.5) is 0 Å². The third-order valence-electron chi connectivity index (χ3n) is 6.34. The molecule has 0 aromatic heterocycles. The molecule has 2 nitrogen and oxygen atoms in total. The minimum Gasteiger partial charge on any atom is -0.507 e. The lowest BCUT2D eigenvalue weighted by atomic mass is 9.77. The molecular formula is C32H34O2. The number of phenolic OH excluding ortho intramolecular Hbond substituents is 2. The van der Waals surface area contributed by atoms with Crippen LogP contribution in [-0.4, -0.2) is 10.2 Å². The fraction of sp³-hybridized carbons (Fsp3) is 0.250. The minimum atomic E-state index is -0.221. The molecule has 0 aliphatic carbocycles. The van der Waals surface area contributed by atoms with E-state index in [1.54, 1.807) is 0 Å². The van der Waals surface area contributed by atoms with Crippen molar-refractivity contribution in [3.05, 3.63) is 96.1 Å². The van der Waals surface area contributed by atoms with Gasteiger partial charge in [0.25, 0.3) is 0 Å². The van der Waals surface area contributed by atoms with Crippen molar-refractivity contribution in [1.82, 2.24) is 0 Å². The highest BCUT2D eigenvalue weighted by Crippen LogP contribution is 2.45. The first-order valence-electron chi connectivity index (χ1n) is 11.8. The largest absolute Gasteiger partial charge is 0.507 e. The lowest BCUT2D eigenvalue weighted by Gasteiger charge is -2.28. The molecule has 2 heteroatoms. The molecule has 0 unspecified atom stereocenters. The molecule has 0 saturated heterocycles. The maximum absolute atomic E-state index is 11.3. The molecule has 0 spiro atoms. The second-order valence-electron chi connectivity index (χ2n) is 11.1. The van der Waals surface area contributed by atoms with Crippen LogP contribution in [0.5, 0.6) is 11.5 Å². The van der Waals surface area contributed by atoms with Gasteiger partial charge in [-0.05, 0) is 57.3 Å². The maximum Gasteiger partial charge on any atom is 0.131 e. The first-order chi connectivity index (χ1) is 16.0. The molecule has 0 saturated carbocycles. The minimum absolute atomic E-state index is 0.221. The topological polar surface area (TPSA) is 40.5 Å². The van der Waals surface area contributed by atoms with Gasteiger partial charge in [-0.3, -0.25) is 0 Å². The van der Waals surface area contributed by atoms with Crippen LogP contribution in [0.2, 0.25) is 0 Å². The van der Waals surface area contributed by atoms with E-state index in [4.69, 9.17) is 0 Å². The Balaban J connectivity index is 2.05. The molecule has 2 N–H and O–H groups in total. The van der Waals surface area contributed by atoms with Gasteiger partial charge in [0.1, 0.15) is 11.5 Å². The summed E-state index contributed by atoms with van der Waals surface area (Å²) in [6.07, 6.45) is 0. The summed E-state index contributed by atoms with van der Waals surface area (Å²) in [4.78, 5) is 0. The van der Waals surface area contributed by atoms with Crippen molar-refractivity contribution >= 4 is 0 Å². The van der Waals surface area contributed by atoms with Gasteiger partial charge in [0.15, 0.2) is 0 Å². The van der Waals surface area contributed by atoms with Crippen LogP contribution in [0.3, 0.4) is 0 Å². The van der Waals surface area contributed by atoms with Gasteiger partial charge in [-0.25, -0.2) is 0 Å². The molecule has 0 atom stereocenters. The van der Waals surface area contributed by atoms with E-state index in [1.807, 2.05) is 60.7 Å². The van der Waals surface area contributed by atoms with Crippen molar-refractivity contribution in [3.8, 4) is 44.9 Å². The molecule has 0 heterocycles.